The number of halogens is 1. The van der Waals surface area contributed by atoms with Gasteiger partial charge in [0.15, 0.2) is 0 Å². The molecule has 6 rings (SSSR count). The molecule has 36 heavy (non-hydrogen) atoms. The molecule has 2 aliphatic carbocycles. The maximum absolute atomic E-state index is 12.8. The molecule has 3 fully saturated rings. The number of aliphatic hydroxyl groups is 1. The lowest BCUT2D eigenvalue weighted by Gasteiger charge is -2.36. The van der Waals surface area contributed by atoms with Gasteiger partial charge in [0.1, 0.15) is 11.9 Å². The Morgan fingerprint density at radius 2 is 2.00 bits per heavy atom. The number of carbonyl (C=O) groups is 1. The van der Waals surface area contributed by atoms with Gasteiger partial charge in [-0.2, -0.15) is 10.4 Å². The van der Waals surface area contributed by atoms with E-state index in [2.05, 4.69) is 26.4 Å². The van der Waals surface area contributed by atoms with Gasteiger partial charge in [-0.15, -0.1) is 0 Å². The van der Waals surface area contributed by atoms with Crippen molar-refractivity contribution in [2.75, 3.05) is 24.6 Å². The molecule has 0 bridgehead atoms. The van der Waals surface area contributed by atoms with Crippen molar-refractivity contribution >= 4 is 23.3 Å². The highest BCUT2D eigenvalue weighted by Gasteiger charge is 2.45. The summed E-state index contributed by atoms with van der Waals surface area (Å²) >= 11 is 6.12. The van der Waals surface area contributed by atoms with Crippen molar-refractivity contribution in [1.82, 2.24) is 20.1 Å². The largest absolute Gasteiger partial charge is 0.394 e. The van der Waals surface area contributed by atoms with Crippen molar-refractivity contribution in [3.63, 3.8) is 0 Å². The van der Waals surface area contributed by atoms with E-state index in [1.165, 1.54) is 12.6 Å². The quantitative estimate of drug-likeness (QED) is 0.512. The molecule has 184 valence electrons. The molecule has 2 unspecified atom stereocenters. The summed E-state index contributed by atoms with van der Waals surface area (Å²) in [5.74, 6) is 2.65. The van der Waals surface area contributed by atoms with E-state index in [4.69, 9.17) is 11.6 Å². The second-order valence-electron chi connectivity index (χ2n) is 10.2. The van der Waals surface area contributed by atoms with Crippen molar-refractivity contribution in [1.29, 1.82) is 5.26 Å². The number of rotatable bonds is 7. The topological polar surface area (TPSA) is 107 Å². The van der Waals surface area contributed by atoms with E-state index in [9.17, 15) is 15.2 Å². The van der Waals surface area contributed by atoms with Gasteiger partial charge in [-0.25, -0.2) is 4.98 Å². The molecule has 3 aromatic rings. The number of fused-ring (bicyclic) bond motifs is 1. The summed E-state index contributed by atoms with van der Waals surface area (Å²) in [6.45, 7) is 2.01. The van der Waals surface area contributed by atoms with Crippen molar-refractivity contribution in [3.05, 3.63) is 76.2 Å². The predicted octanol–water partition coefficient (Wildman–Crippen LogP) is 3.52. The summed E-state index contributed by atoms with van der Waals surface area (Å²) in [6.07, 6.45) is 7.84. The molecule has 1 amide bonds. The zero-order valence-electron chi connectivity index (χ0n) is 19.7. The fraction of sp³-hybridized carbons (Fsp3) is 0.407. The smallest absolute Gasteiger partial charge is 0.254 e. The Morgan fingerprint density at radius 1 is 1.19 bits per heavy atom. The number of aliphatic hydroxyl groups excluding tert-OH is 1. The van der Waals surface area contributed by atoms with Crippen LogP contribution in [0.15, 0.2) is 48.9 Å². The summed E-state index contributed by atoms with van der Waals surface area (Å²) in [5.41, 5.74) is 2.86. The molecule has 0 radical (unpaired) electrons. The van der Waals surface area contributed by atoms with Crippen molar-refractivity contribution < 1.29 is 9.90 Å². The Labute approximate surface area is 214 Å². The molecule has 2 saturated carbocycles. The highest BCUT2D eigenvalue weighted by molar-refractivity contribution is 6.30. The summed E-state index contributed by atoms with van der Waals surface area (Å²) in [5, 5.41) is 27.4. The molecule has 3 heterocycles. The van der Waals surface area contributed by atoms with Gasteiger partial charge in [0, 0.05) is 36.5 Å². The third kappa shape index (κ3) is 4.34. The van der Waals surface area contributed by atoms with E-state index in [0.29, 0.717) is 16.1 Å². The number of nitrogens with one attached hydrogen (secondary N) is 1. The van der Waals surface area contributed by atoms with Gasteiger partial charge >= 0.3 is 0 Å². The minimum atomic E-state index is -0.416. The molecular formula is C27H27ClN6O2. The van der Waals surface area contributed by atoms with E-state index < -0.39 is 6.04 Å². The Bertz CT molecular complexity index is 1320. The number of carbonyl (C=O) groups excluding carboxylic acids is 1. The van der Waals surface area contributed by atoms with Crippen LogP contribution in [0.2, 0.25) is 5.02 Å². The fourth-order valence-corrected chi connectivity index (χ4v) is 5.75. The van der Waals surface area contributed by atoms with E-state index in [1.807, 2.05) is 18.2 Å². The van der Waals surface area contributed by atoms with E-state index in [-0.39, 0.29) is 24.5 Å². The number of hydrogen-bond acceptors (Lipinski definition) is 6. The Kier molecular flexibility index (Phi) is 5.90. The zero-order chi connectivity index (χ0) is 24.8. The summed E-state index contributed by atoms with van der Waals surface area (Å²) in [6, 6.07) is 11.1. The summed E-state index contributed by atoms with van der Waals surface area (Å²) in [7, 11) is 0. The molecule has 1 aromatic carbocycles. The standard InChI is InChI=1S/C27H27ClN6O2/c28-22-3-1-16(9-29)24(8-22)18-6-23(7-18)32-27(36)21-11-31-34(14-21)25(15-35)17-2-4-26(30-10-17)33-12-19-5-20(19)13-33/h1-4,8,10-11,14,18-20,23,25,35H,5-7,12-13,15H2,(H,32,36)/t18-,19?,20?,23+,25-/m1/s1. The van der Waals surface area contributed by atoms with E-state index >= 15 is 0 Å². The number of nitrogens with zero attached hydrogens (tertiary/aromatic N) is 5. The third-order valence-corrected chi connectivity index (χ3v) is 8.10. The maximum Gasteiger partial charge on any atom is 0.254 e. The van der Waals surface area contributed by atoms with Crippen LogP contribution in [0.1, 0.15) is 58.3 Å². The van der Waals surface area contributed by atoms with Gasteiger partial charge in [-0.3, -0.25) is 9.48 Å². The summed E-state index contributed by atoms with van der Waals surface area (Å²) < 4.78 is 1.62. The first-order chi connectivity index (χ1) is 17.5. The van der Waals surface area contributed by atoms with Gasteiger partial charge < -0.3 is 15.3 Å². The molecular weight excluding hydrogens is 476 g/mol. The van der Waals surface area contributed by atoms with Gasteiger partial charge in [0.2, 0.25) is 0 Å². The molecule has 0 spiro atoms. The monoisotopic (exact) mass is 502 g/mol. The average Bonchev–Trinajstić information content (AvgIpc) is 3.23. The Morgan fingerprint density at radius 3 is 2.69 bits per heavy atom. The lowest BCUT2D eigenvalue weighted by molar-refractivity contribution is 0.0908. The normalized spacial score (nSPS) is 25.0. The van der Waals surface area contributed by atoms with Crippen molar-refractivity contribution in [3.8, 4) is 6.07 Å². The van der Waals surface area contributed by atoms with Gasteiger partial charge in [0.05, 0.1) is 30.0 Å². The van der Waals surface area contributed by atoms with E-state index in [0.717, 1.165) is 54.7 Å². The van der Waals surface area contributed by atoms with E-state index in [1.54, 1.807) is 29.2 Å². The van der Waals surface area contributed by atoms with Crippen molar-refractivity contribution in [2.24, 2.45) is 11.8 Å². The molecule has 1 saturated heterocycles. The van der Waals surface area contributed by atoms with Crippen LogP contribution in [0, 0.1) is 23.2 Å². The number of amides is 1. The average molecular weight is 503 g/mol. The van der Waals surface area contributed by atoms with Crippen LogP contribution in [-0.2, 0) is 0 Å². The molecule has 9 heteroatoms. The van der Waals surface area contributed by atoms with Crippen molar-refractivity contribution in [2.45, 2.75) is 37.3 Å². The zero-order valence-corrected chi connectivity index (χ0v) is 20.5. The van der Waals surface area contributed by atoms with Gasteiger partial charge in [-0.05, 0) is 72.4 Å². The highest BCUT2D eigenvalue weighted by Crippen LogP contribution is 2.46. The van der Waals surface area contributed by atoms with Crippen LogP contribution in [-0.4, -0.2) is 51.5 Å². The third-order valence-electron chi connectivity index (χ3n) is 7.86. The lowest BCUT2D eigenvalue weighted by atomic mass is 9.74. The number of piperidine rings is 1. The first-order valence-corrected chi connectivity index (χ1v) is 12.8. The lowest BCUT2D eigenvalue weighted by Crippen LogP contribution is -2.43. The minimum absolute atomic E-state index is 0.0263. The number of anilines is 1. The van der Waals surface area contributed by atoms with Crippen LogP contribution in [0.3, 0.4) is 0 Å². The Hall–Kier alpha value is -3.41. The molecule has 2 aromatic heterocycles. The first kappa shape index (κ1) is 23.0. The molecule has 8 nitrogen and oxygen atoms in total. The summed E-state index contributed by atoms with van der Waals surface area (Å²) in [4.78, 5) is 19.8. The number of benzene rings is 1. The van der Waals surface area contributed by atoms with Crippen LogP contribution >= 0.6 is 11.6 Å². The predicted molar refractivity (Wildman–Crippen MR) is 135 cm³/mol. The number of hydrogen-bond donors (Lipinski definition) is 2. The Balaban J connectivity index is 1.07. The number of aromatic nitrogens is 3. The van der Waals surface area contributed by atoms with Crippen LogP contribution in [0.25, 0.3) is 0 Å². The molecule has 1 aliphatic heterocycles. The second-order valence-corrected chi connectivity index (χ2v) is 10.6. The fourth-order valence-electron chi connectivity index (χ4n) is 5.57. The molecule has 3 aliphatic rings. The minimum Gasteiger partial charge on any atom is -0.394 e. The second kappa shape index (κ2) is 9.23. The maximum atomic E-state index is 12.8. The van der Waals surface area contributed by atoms with Crippen LogP contribution in [0.5, 0.6) is 0 Å². The van der Waals surface area contributed by atoms with Gasteiger partial charge in [-0.1, -0.05) is 17.7 Å². The SMILES string of the molecule is N#Cc1ccc(Cl)cc1[C@H]1C[C@@H](NC(=O)c2cnn([C@H](CO)c3ccc(N4CC5CC5C4)nc3)c2)C1. The number of pyridine rings is 1. The van der Waals surface area contributed by atoms with Crippen LogP contribution < -0.4 is 10.2 Å². The molecule has 3 atom stereocenters. The van der Waals surface area contributed by atoms with Crippen LogP contribution in [0.4, 0.5) is 5.82 Å². The number of nitriles is 1. The molecule has 2 N–H and O–H groups in total. The highest BCUT2D eigenvalue weighted by atomic mass is 35.5. The first-order valence-electron chi connectivity index (χ1n) is 12.4. The van der Waals surface area contributed by atoms with Gasteiger partial charge in [0.25, 0.3) is 5.91 Å².